The van der Waals surface area contributed by atoms with Gasteiger partial charge in [0.15, 0.2) is 0 Å². The summed E-state index contributed by atoms with van der Waals surface area (Å²) in [6.45, 7) is 14.8. The van der Waals surface area contributed by atoms with Crippen molar-refractivity contribution in [1.82, 2.24) is 10.2 Å². The summed E-state index contributed by atoms with van der Waals surface area (Å²) in [5.41, 5.74) is 1.34. The maximum Gasteiger partial charge on any atom is 0.119 e. The van der Waals surface area contributed by atoms with Gasteiger partial charge in [0.2, 0.25) is 0 Å². The second kappa shape index (κ2) is 10.0. The molecule has 1 atom stereocenters. The van der Waals surface area contributed by atoms with Crippen LogP contribution in [0.1, 0.15) is 45.7 Å². The Labute approximate surface area is 147 Å². The minimum atomic E-state index is 0.218. The van der Waals surface area contributed by atoms with Crippen LogP contribution in [-0.2, 0) is 4.74 Å². The summed E-state index contributed by atoms with van der Waals surface area (Å²) >= 11 is 0. The zero-order chi connectivity index (χ0) is 17.4. The molecule has 0 aliphatic carbocycles. The number of rotatable bonds is 9. The van der Waals surface area contributed by atoms with Gasteiger partial charge in [0.1, 0.15) is 5.75 Å². The van der Waals surface area contributed by atoms with Crippen LogP contribution in [0.4, 0.5) is 0 Å². The highest BCUT2D eigenvalue weighted by molar-refractivity contribution is 5.29. The Hall–Kier alpha value is -1.10. The number of benzene rings is 1. The van der Waals surface area contributed by atoms with E-state index in [0.717, 1.165) is 45.1 Å². The maximum absolute atomic E-state index is 5.74. The molecule has 1 aromatic rings. The third-order valence-corrected chi connectivity index (χ3v) is 4.40. The number of morpholine rings is 1. The molecule has 1 fully saturated rings. The van der Waals surface area contributed by atoms with Gasteiger partial charge in [0.05, 0.1) is 19.3 Å². The van der Waals surface area contributed by atoms with Crippen molar-refractivity contribution in [2.24, 2.45) is 5.92 Å². The van der Waals surface area contributed by atoms with E-state index >= 15 is 0 Å². The Morgan fingerprint density at radius 1 is 1.08 bits per heavy atom. The van der Waals surface area contributed by atoms with Gasteiger partial charge >= 0.3 is 0 Å². The van der Waals surface area contributed by atoms with E-state index in [0.29, 0.717) is 12.0 Å². The normalized spacial score (nSPS) is 17.4. The van der Waals surface area contributed by atoms with E-state index in [1.165, 1.54) is 12.0 Å². The zero-order valence-corrected chi connectivity index (χ0v) is 15.8. The average Bonchev–Trinajstić information content (AvgIpc) is 2.56. The number of nitrogens with zero attached hydrogens (tertiary/aromatic N) is 1. The topological polar surface area (TPSA) is 33.7 Å². The highest BCUT2D eigenvalue weighted by atomic mass is 16.5. The van der Waals surface area contributed by atoms with Gasteiger partial charge in [-0.2, -0.15) is 0 Å². The molecule has 0 spiro atoms. The fraction of sp³-hybridized carbons (Fsp3) is 0.700. The molecule has 1 heterocycles. The number of nitrogens with one attached hydrogen (secondary N) is 1. The molecule has 2 rings (SSSR count). The van der Waals surface area contributed by atoms with Crippen molar-refractivity contribution in [2.45, 2.75) is 46.3 Å². The van der Waals surface area contributed by atoms with Gasteiger partial charge in [-0.1, -0.05) is 26.0 Å². The summed E-state index contributed by atoms with van der Waals surface area (Å²) in [7, 11) is 0. The van der Waals surface area contributed by atoms with Gasteiger partial charge in [0.25, 0.3) is 0 Å². The highest BCUT2D eigenvalue weighted by Crippen LogP contribution is 2.24. The lowest BCUT2D eigenvalue weighted by molar-refractivity contribution is 0.0373. The molecule has 1 aliphatic heterocycles. The van der Waals surface area contributed by atoms with E-state index in [9.17, 15) is 0 Å². The Bertz CT molecular complexity index is 453. The van der Waals surface area contributed by atoms with Gasteiger partial charge in [0, 0.05) is 19.1 Å². The minimum Gasteiger partial charge on any atom is -0.491 e. The Balaban J connectivity index is 1.80. The number of hydrogen-bond donors (Lipinski definition) is 1. The quantitative estimate of drug-likeness (QED) is 0.701. The SMILES string of the molecule is CC(C)Oc1ccc([C@H](NCCCN2CCOCC2)C(C)C)cc1. The molecule has 4 nitrogen and oxygen atoms in total. The van der Waals surface area contributed by atoms with Crippen LogP contribution < -0.4 is 10.1 Å². The molecule has 1 N–H and O–H groups in total. The van der Waals surface area contributed by atoms with Crippen molar-refractivity contribution in [3.63, 3.8) is 0 Å². The molecular formula is C20H34N2O2. The van der Waals surface area contributed by atoms with Crippen LogP contribution in [0.2, 0.25) is 0 Å². The molecule has 4 heteroatoms. The van der Waals surface area contributed by atoms with Crippen LogP contribution >= 0.6 is 0 Å². The van der Waals surface area contributed by atoms with E-state index in [1.54, 1.807) is 0 Å². The van der Waals surface area contributed by atoms with Crippen LogP contribution in [0.25, 0.3) is 0 Å². The molecule has 0 saturated carbocycles. The summed E-state index contributed by atoms with van der Waals surface area (Å²) in [6, 6.07) is 8.94. The molecule has 1 aliphatic rings. The molecule has 24 heavy (non-hydrogen) atoms. The first kappa shape index (κ1) is 19.2. The summed E-state index contributed by atoms with van der Waals surface area (Å²) in [5, 5.41) is 3.74. The van der Waals surface area contributed by atoms with Crippen molar-refractivity contribution >= 4 is 0 Å². The van der Waals surface area contributed by atoms with Crippen LogP contribution in [-0.4, -0.2) is 50.4 Å². The second-order valence-electron chi connectivity index (χ2n) is 7.22. The third kappa shape index (κ3) is 6.42. The summed E-state index contributed by atoms with van der Waals surface area (Å²) in [5.74, 6) is 1.51. The lowest BCUT2D eigenvalue weighted by atomic mass is 9.96. The van der Waals surface area contributed by atoms with Crippen LogP contribution in [0, 0.1) is 5.92 Å². The fourth-order valence-electron chi connectivity index (χ4n) is 3.15. The number of ether oxygens (including phenoxy) is 2. The van der Waals surface area contributed by atoms with Crippen molar-refractivity contribution in [1.29, 1.82) is 0 Å². The molecule has 0 radical (unpaired) electrons. The van der Waals surface area contributed by atoms with Crippen molar-refractivity contribution in [3.8, 4) is 5.75 Å². The van der Waals surface area contributed by atoms with Crippen LogP contribution in [0.3, 0.4) is 0 Å². The molecular weight excluding hydrogens is 300 g/mol. The van der Waals surface area contributed by atoms with E-state index in [-0.39, 0.29) is 6.10 Å². The van der Waals surface area contributed by atoms with Crippen molar-refractivity contribution in [2.75, 3.05) is 39.4 Å². The van der Waals surface area contributed by atoms with E-state index in [4.69, 9.17) is 9.47 Å². The lowest BCUT2D eigenvalue weighted by Gasteiger charge is -2.27. The maximum atomic E-state index is 5.74. The number of hydrogen-bond acceptors (Lipinski definition) is 4. The monoisotopic (exact) mass is 334 g/mol. The van der Waals surface area contributed by atoms with Crippen molar-refractivity contribution < 1.29 is 9.47 Å². The van der Waals surface area contributed by atoms with Gasteiger partial charge < -0.3 is 14.8 Å². The van der Waals surface area contributed by atoms with Gasteiger partial charge in [-0.15, -0.1) is 0 Å². The standard InChI is InChI=1S/C20H34N2O2/c1-16(2)20(18-6-8-19(9-7-18)24-17(3)4)21-10-5-11-22-12-14-23-15-13-22/h6-9,16-17,20-21H,5,10-15H2,1-4H3/t20-/m1/s1. The summed E-state index contributed by atoms with van der Waals surface area (Å²) < 4.78 is 11.1. The van der Waals surface area contributed by atoms with Crippen molar-refractivity contribution in [3.05, 3.63) is 29.8 Å². The molecule has 0 bridgehead atoms. The predicted molar refractivity (Wildman–Crippen MR) is 99.7 cm³/mol. The molecule has 136 valence electrons. The Morgan fingerprint density at radius 3 is 2.33 bits per heavy atom. The third-order valence-electron chi connectivity index (χ3n) is 4.40. The zero-order valence-electron chi connectivity index (χ0n) is 15.8. The van der Waals surface area contributed by atoms with Gasteiger partial charge in [-0.25, -0.2) is 0 Å². The second-order valence-corrected chi connectivity index (χ2v) is 7.22. The van der Waals surface area contributed by atoms with E-state index in [2.05, 4.69) is 62.2 Å². The first-order chi connectivity index (χ1) is 11.6. The molecule has 0 unspecified atom stereocenters. The lowest BCUT2D eigenvalue weighted by Crippen LogP contribution is -2.38. The average molecular weight is 335 g/mol. The highest BCUT2D eigenvalue weighted by Gasteiger charge is 2.16. The van der Waals surface area contributed by atoms with Gasteiger partial charge in [-0.3, -0.25) is 4.90 Å². The minimum absolute atomic E-state index is 0.218. The fourth-order valence-corrected chi connectivity index (χ4v) is 3.15. The van der Waals surface area contributed by atoms with E-state index < -0.39 is 0 Å². The largest absolute Gasteiger partial charge is 0.491 e. The Kier molecular flexibility index (Phi) is 8.03. The molecule has 1 aromatic carbocycles. The first-order valence-electron chi connectivity index (χ1n) is 9.36. The predicted octanol–water partition coefficient (Wildman–Crippen LogP) is 3.48. The van der Waals surface area contributed by atoms with Crippen LogP contribution in [0.15, 0.2) is 24.3 Å². The summed E-state index contributed by atoms with van der Waals surface area (Å²) in [6.07, 6.45) is 1.40. The van der Waals surface area contributed by atoms with E-state index in [1.807, 2.05) is 0 Å². The molecule has 0 amide bonds. The Morgan fingerprint density at radius 2 is 1.75 bits per heavy atom. The van der Waals surface area contributed by atoms with Crippen LogP contribution in [0.5, 0.6) is 5.75 Å². The first-order valence-corrected chi connectivity index (χ1v) is 9.36. The van der Waals surface area contributed by atoms with Gasteiger partial charge in [-0.05, 0) is 57.0 Å². The summed E-state index contributed by atoms with van der Waals surface area (Å²) in [4.78, 5) is 2.49. The smallest absolute Gasteiger partial charge is 0.119 e. The molecule has 1 saturated heterocycles. The molecule has 0 aromatic heterocycles.